The fraction of sp³-hybridized carbons (Fsp3) is 0.368. The predicted molar refractivity (Wildman–Crippen MR) is 106 cm³/mol. The number of methoxy groups -OCH3 is 1. The standard InChI is InChI=1S/C19H21N7O3/c1-20-15-6-14(23-13-4-3-5-21-19(13)28-2)24-17-10(7-22-26(15)17)18(27)25-16-11-8-29-9-12(11)16/h3-7,11-12,16,20H,8-9H2,1-2H3,(H,23,24)(H,25,27)/t11-,12+,16+. The zero-order valence-electron chi connectivity index (χ0n) is 16.0. The molecule has 1 aliphatic heterocycles. The van der Waals surface area contributed by atoms with Crippen molar-refractivity contribution in [3.8, 4) is 5.88 Å². The van der Waals surface area contributed by atoms with Gasteiger partial charge in [-0.3, -0.25) is 4.79 Å². The summed E-state index contributed by atoms with van der Waals surface area (Å²) in [5.41, 5.74) is 1.56. The number of nitrogens with zero attached hydrogens (tertiary/aromatic N) is 4. The Morgan fingerprint density at radius 3 is 2.93 bits per heavy atom. The second-order valence-electron chi connectivity index (χ2n) is 7.12. The molecule has 29 heavy (non-hydrogen) atoms. The molecule has 3 aromatic rings. The van der Waals surface area contributed by atoms with Crippen LogP contribution in [0.1, 0.15) is 10.4 Å². The van der Waals surface area contributed by atoms with Crippen molar-refractivity contribution in [1.29, 1.82) is 0 Å². The number of nitrogens with one attached hydrogen (secondary N) is 3. The van der Waals surface area contributed by atoms with Crippen molar-refractivity contribution < 1.29 is 14.3 Å². The summed E-state index contributed by atoms with van der Waals surface area (Å²) in [5, 5.41) is 13.7. The van der Waals surface area contributed by atoms with Gasteiger partial charge in [0.25, 0.3) is 5.91 Å². The SMILES string of the molecule is CNc1cc(Nc2cccnc2OC)nc2c(C(=O)N[C@H]3[C@@H]4COC[C@@H]43)cnn12. The van der Waals surface area contributed by atoms with Crippen LogP contribution in [0.4, 0.5) is 17.3 Å². The second kappa shape index (κ2) is 6.89. The van der Waals surface area contributed by atoms with E-state index in [1.54, 1.807) is 43.2 Å². The van der Waals surface area contributed by atoms with Crippen LogP contribution < -0.4 is 20.7 Å². The van der Waals surface area contributed by atoms with Crippen molar-refractivity contribution in [2.75, 3.05) is 38.0 Å². The molecule has 10 heteroatoms. The Hall–Kier alpha value is -3.40. The highest BCUT2D eigenvalue weighted by molar-refractivity contribution is 6.00. The number of aromatic nitrogens is 4. The van der Waals surface area contributed by atoms with Gasteiger partial charge in [-0.2, -0.15) is 9.61 Å². The van der Waals surface area contributed by atoms with E-state index < -0.39 is 0 Å². The summed E-state index contributed by atoms with van der Waals surface area (Å²) in [6.45, 7) is 1.43. The number of hydrogen-bond donors (Lipinski definition) is 3. The molecule has 2 aliphatic rings. The molecule has 0 bridgehead atoms. The van der Waals surface area contributed by atoms with Crippen molar-refractivity contribution in [3.63, 3.8) is 0 Å². The molecule has 0 spiro atoms. The zero-order chi connectivity index (χ0) is 20.0. The fourth-order valence-corrected chi connectivity index (χ4v) is 3.83. The minimum atomic E-state index is -0.176. The highest BCUT2D eigenvalue weighted by Gasteiger charge is 2.54. The number of carbonyl (C=O) groups is 1. The number of fused-ring (bicyclic) bond motifs is 2. The van der Waals surface area contributed by atoms with Crippen LogP contribution in [0.2, 0.25) is 0 Å². The Kier molecular flexibility index (Phi) is 4.20. The molecule has 1 saturated heterocycles. The Morgan fingerprint density at radius 1 is 1.34 bits per heavy atom. The first-order valence-electron chi connectivity index (χ1n) is 9.40. The molecule has 0 unspecified atom stereocenters. The van der Waals surface area contributed by atoms with Gasteiger partial charge in [0, 0.05) is 37.2 Å². The van der Waals surface area contributed by atoms with Gasteiger partial charge in [-0.05, 0) is 12.1 Å². The Labute approximate surface area is 166 Å². The van der Waals surface area contributed by atoms with Crippen molar-refractivity contribution in [3.05, 3.63) is 36.2 Å². The molecule has 3 aromatic heterocycles. The summed E-state index contributed by atoms with van der Waals surface area (Å²) >= 11 is 0. The summed E-state index contributed by atoms with van der Waals surface area (Å²) in [4.78, 5) is 21.7. The summed E-state index contributed by atoms with van der Waals surface area (Å²) in [5.74, 6) is 2.36. The third-order valence-corrected chi connectivity index (χ3v) is 5.45. The summed E-state index contributed by atoms with van der Waals surface area (Å²) in [7, 11) is 3.34. The van der Waals surface area contributed by atoms with Gasteiger partial charge in [-0.1, -0.05) is 0 Å². The van der Waals surface area contributed by atoms with Crippen LogP contribution in [0.3, 0.4) is 0 Å². The van der Waals surface area contributed by atoms with E-state index in [9.17, 15) is 4.79 Å². The summed E-state index contributed by atoms with van der Waals surface area (Å²) in [6, 6.07) is 5.62. The highest BCUT2D eigenvalue weighted by Crippen LogP contribution is 2.44. The lowest BCUT2D eigenvalue weighted by Crippen LogP contribution is -2.29. The Balaban J connectivity index is 1.46. The van der Waals surface area contributed by atoms with E-state index in [-0.39, 0.29) is 11.9 Å². The van der Waals surface area contributed by atoms with Gasteiger partial charge < -0.3 is 25.4 Å². The number of ether oxygens (including phenoxy) is 2. The first kappa shape index (κ1) is 17.7. The molecule has 3 N–H and O–H groups in total. The number of carbonyl (C=O) groups excluding carboxylic acids is 1. The third kappa shape index (κ3) is 3.01. The van der Waals surface area contributed by atoms with Gasteiger partial charge in [-0.25, -0.2) is 9.97 Å². The predicted octanol–water partition coefficient (Wildman–Crippen LogP) is 1.29. The van der Waals surface area contributed by atoms with Crippen LogP contribution in [0, 0.1) is 11.8 Å². The third-order valence-electron chi connectivity index (χ3n) is 5.45. The van der Waals surface area contributed by atoms with Gasteiger partial charge in [0.05, 0.1) is 26.5 Å². The van der Waals surface area contributed by atoms with Gasteiger partial charge >= 0.3 is 0 Å². The molecule has 4 heterocycles. The average molecular weight is 395 g/mol. The number of rotatable bonds is 6. The lowest BCUT2D eigenvalue weighted by Gasteiger charge is -2.12. The van der Waals surface area contributed by atoms with Gasteiger partial charge in [-0.15, -0.1) is 0 Å². The number of anilines is 3. The van der Waals surface area contributed by atoms with E-state index in [4.69, 9.17) is 9.47 Å². The van der Waals surface area contributed by atoms with E-state index in [0.717, 1.165) is 0 Å². The quantitative estimate of drug-likeness (QED) is 0.572. The topological polar surface area (TPSA) is 115 Å². The van der Waals surface area contributed by atoms with Crippen LogP contribution >= 0.6 is 0 Å². The molecule has 0 radical (unpaired) electrons. The second-order valence-corrected chi connectivity index (χ2v) is 7.12. The van der Waals surface area contributed by atoms with Crippen LogP contribution in [0.5, 0.6) is 5.88 Å². The monoisotopic (exact) mass is 395 g/mol. The van der Waals surface area contributed by atoms with Gasteiger partial charge in [0.2, 0.25) is 5.88 Å². The normalized spacial score (nSPS) is 22.2. The maximum absolute atomic E-state index is 12.9. The lowest BCUT2D eigenvalue weighted by atomic mass is 10.3. The molecule has 150 valence electrons. The van der Waals surface area contributed by atoms with E-state index in [1.165, 1.54) is 0 Å². The minimum absolute atomic E-state index is 0.176. The van der Waals surface area contributed by atoms with E-state index in [2.05, 4.69) is 31.0 Å². The first-order chi connectivity index (χ1) is 14.2. The average Bonchev–Trinajstić information content (AvgIpc) is 3.10. The van der Waals surface area contributed by atoms with E-state index in [0.29, 0.717) is 59.5 Å². The van der Waals surface area contributed by atoms with Crippen LogP contribution in [-0.4, -0.2) is 58.9 Å². The maximum atomic E-state index is 12.9. The molecule has 10 nitrogen and oxygen atoms in total. The molecular formula is C19H21N7O3. The molecule has 1 aliphatic carbocycles. The number of pyridine rings is 1. The maximum Gasteiger partial charge on any atom is 0.257 e. The van der Waals surface area contributed by atoms with Gasteiger partial charge in [0.15, 0.2) is 5.65 Å². The molecular weight excluding hydrogens is 374 g/mol. The minimum Gasteiger partial charge on any atom is -0.480 e. The fourth-order valence-electron chi connectivity index (χ4n) is 3.83. The van der Waals surface area contributed by atoms with Crippen molar-refractivity contribution in [2.24, 2.45) is 11.8 Å². The van der Waals surface area contributed by atoms with Crippen LogP contribution in [-0.2, 0) is 4.74 Å². The molecule has 1 saturated carbocycles. The van der Waals surface area contributed by atoms with Crippen LogP contribution in [0.15, 0.2) is 30.6 Å². The van der Waals surface area contributed by atoms with Gasteiger partial charge in [0.1, 0.15) is 22.9 Å². The van der Waals surface area contributed by atoms with Crippen LogP contribution in [0.25, 0.3) is 5.65 Å². The van der Waals surface area contributed by atoms with E-state index in [1.807, 2.05) is 6.07 Å². The molecule has 1 amide bonds. The van der Waals surface area contributed by atoms with Crippen molar-refractivity contribution >= 4 is 28.9 Å². The number of hydrogen-bond acceptors (Lipinski definition) is 8. The zero-order valence-corrected chi connectivity index (χ0v) is 16.0. The number of amides is 1. The summed E-state index contributed by atoms with van der Waals surface area (Å²) in [6.07, 6.45) is 3.19. The molecule has 3 atom stereocenters. The summed E-state index contributed by atoms with van der Waals surface area (Å²) < 4.78 is 12.3. The molecule has 5 rings (SSSR count). The highest BCUT2D eigenvalue weighted by atomic mass is 16.5. The molecule has 0 aromatic carbocycles. The molecule has 2 fully saturated rings. The first-order valence-corrected chi connectivity index (χ1v) is 9.40. The smallest absolute Gasteiger partial charge is 0.257 e. The lowest BCUT2D eigenvalue weighted by molar-refractivity contribution is 0.0930. The Morgan fingerprint density at radius 2 is 2.17 bits per heavy atom. The van der Waals surface area contributed by atoms with Crippen molar-refractivity contribution in [2.45, 2.75) is 6.04 Å². The van der Waals surface area contributed by atoms with Crippen molar-refractivity contribution in [1.82, 2.24) is 24.9 Å². The van der Waals surface area contributed by atoms with E-state index >= 15 is 0 Å². The Bertz CT molecular complexity index is 1070. The largest absolute Gasteiger partial charge is 0.480 e.